The topological polar surface area (TPSA) is 59.6 Å². The Hall–Kier alpha value is -1.60. The number of ether oxygens (including phenoxy) is 2. The van der Waals surface area contributed by atoms with Crippen LogP contribution < -0.4 is 20.1 Å². The molecule has 0 aromatic heterocycles. The second-order valence-electron chi connectivity index (χ2n) is 4.96. The number of carbonyl (C=O) groups excluding carboxylic acids is 1. The van der Waals surface area contributed by atoms with Gasteiger partial charge in [-0.2, -0.15) is 8.78 Å². The largest absolute Gasteiger partial charge is 0.490 e. The summed E-state index contributed by atoms with van der Waals surface area (Å²) in [7, 11) is 0. The minimum atomic E-state index is -2.90. The number of rotatable bonds is 7. The predicted octanol–water partition coefficient (Wildman–Crippen LogP) is 2.48. The molecule has 0 spiro atoms. The first kappa shape index (κ1) is 19.4. The highest BCUT2D eigenvalue weighted by Gasteiger charge is 2.21. The fourth-order valence-electron chi connectivity index (χ4n) is 2.34. The molecule has 1 aromatic carbocycles. The van der Waals surface area contributed by atoms with Gasteiger partial charge in [-0.15, -0.1) is 12.4 Å². The summed E-state index contributed by atoms with van der Waals surface area (Å²) < 4.78 is 34.4. The highest BCUT2D eigenvalue weighted by molar-refractivity contribution is 5.85. The smallest absolute Gasteiger partial charge is 0.387 e. The number of hydrogen-bond donors (Lipinski definition) is 2. The van der Waals surface area contributed by atoms with E-state index in [4.69, 9.17) is 4.74 Å². The Labute approximate surface area is 140 Å². The maximum Gasteiger partial charge on any atom is 0.387 e. The van der Waals surface area contributed by atoms with E-state index in [0.29, 0.717) is 13.2 Å². The molecule has 2 rings (SSSR count). The molecule has 1 amide bonds. The summed E-state index contributed by atoms with van der Waals surface area (Å²) in [5.41, 5.74) is 0.761. The molecular formula is C15H21ClF2N2O3. The first-order valence-electron chi connectivity index (χ1n) is 7.31. The number of carbonyl (C=O) groups is 1. The van der Waals surface area contributed by atoms with E-state index < -0.39 is 6.61 Å². The molecule has 1 saturated heterocycles. The molecule has 1 unspecified atom stereocenters. The number of amides is 1. The molecule has 0 saturated carbocycles. The van der Waals surface area contributed by atoms with Gasteiger partial charge in [0.25, 0.3) is 0 Å². The average Bonchev–Trinajstić information content (AvgIpc) is 3.01. The van der Waals surface area contributed by atoms with E-state index in [0.717, 1.165) is 24.9 Å². The van der Waals surface area contributed by atoms with Gasteiger partial charge in [-0.1, -0.05) is 6.07 Å². The van der Waals surface area contributed by atoms with Crippen LogP contribution in [0.25, 0.3) is 0 Å². The van der Waals surface area contributed by atoms with Gasteiger partial charge in [-0.05, 0) is 44.0 Å². The van der Waals surface area contributed by atoms with Crippen molar-refractivity contribution in [2.45, 2.75) is 39.0 Å². The van der Waals surface area contributed by atoms with Crippen LogP contribution in [0.1, 0.15) is 25.3 Å². The second kappa shape index (κ2) is 9.52. The van der Waals surface area contributed by atoms with Crippen LogP contribution in [0.4, 0.5) is 8.78 Å². The van der Waals surface area contributed by atoms with Crippen LogP contribution >= 0.6 is 12.4 Å². The first-order valence-corrected chi connectivity index (χ1v) is 7.31. The summed E-state index contributed by atoms with van der Waals surface area (Å²) in [5.74, 6) is 0.182. The fraction of sp³-hybridized carbons (Fsp3) is 0.533. The number of nitrogens with one attached hydrogen (secondary N) is 2. The molecule has 0 aliphatic carbocycles. The molecular weight excluding hydrogens is 330 g/mol. The Morgan fingerprint density at radius 1 is 1.43 bits per heavy atom. The molecule has 1 fully saturated rings. The number of alkyl halides is 2. The van der Waals surface area contributed by atoms with Gasteiger partial charge in [0.2, 0.25) is 5.91 Å². The molecule has 23 heavy (non-hydrogen) atoms. The molecule has 0 radical (unpaired) electrons. The Balaban J connectivity index is 0.00000264. The zero-order valence-electron chi connectivity index (χ0n) is 12.8. The SMILES string of the molecule is CCOc1cc(CNC(=O)C2CCCN2)ccc1OC(F)F.Cl. The summed E-state index contributed by atoms with van der Waals surface area (Å²) in [6, 6.07) is 4.51. The van der Waals surface area contributed by atoms with Crippen LogP contribution in [0.5, 0.6) is 11.5 Å². The van der Waals surface area contributed by atoms with Crippen molar-refractivity contribution in [2.75, 3.05) is 13.2 Å². The van der Waals surface area contributed by atoms with E-state index in [1.54, 1.807) is 19.1 Å². The zero-order valence-corrected chi connectivity index (χ0v) is 13.6. The van der Waals surface area contributed by atoms with E-state index >= 15 is 0 Å². The molecule has 2 N–H and O–H groups in total. The van der Waals surface area contributed by atoms with Crippen LogP contribution in [0.15, 0.2) is 18.2 Å². The van der Waals surface area contributed by atoms with Crippen molar-refractivity contribution >= 4 is 18.3 Å². The third-order valence-corrected chi connectivity index (χ3v) is 3.37. The third-order valence-electron chi connectivity index (χ3n) is 3.37. The second-order valence-corrected chi connectivity index (χ2v) is 4.96. The molecule has 5 nitrogen and oxygen atoms in total. The predicted molar refractivity (Wildman–Crippen MR) is 84.4 cm³/mol. The highest BCUT2D eigenvalue weighted by Crippen LogP contribution is 2.29. The lowest BCUT2D eigenvalue weighted by Gasteiger charge is -2.14. The van der Waals surface area contributed by atoms with E-state index in [1.807, 2.05) is 0 Å². The summed E-state index contributed by atoms with van der Waals surface area (Å²) in [5, 5.41) is 5.94. The molecule has 1 heterocycles. The molecule has 0 bridgehead atoms. The summed E-state index contributed by atoms with van der Waals surface area (Å²) in [4.78, 5) is 11.9. The lowest BCUT2D eigenvalue weighted by Crippen LogP contribution is -2.39. The lowest BCUT2D eigenvalue weighted by molar-refractivity contribution is -0.122. The van der Waals surface area contributed by atoms with Gasteiger partial charge in [0.1, 0.15) is 0 Å². The fourth-order valence-corrected chi connectivity index (χ4v) is 2.34. The third kappa shape index (κ3) is 5.84. The maximum absolute atomic E-state index is 12.3. The van der Waals surface area contributed by atoms with Gasteiger partial charge in [-0.3, -0.25) is 4.79 Å². The van der Waals surface area contributed by atoms with E-state index in [2.05, 4.69) is 15.4 Å². The van der Waals surface area contributed by atoms with E-state index in [9.17, 15) is 13.6 Å². The minimum absolute atomic E-state index is 0. The van der Waals surface area contributed by atoms with Gasteiger partial charge < -0.3 is 20.1 Å². The van der Waals surface area contributed by atoms with Gasteiger partial charge >= 0.3 is 6.61 Å². The van der Waals surface area contributed by atoms with Gasteiger partial charge in [0.15, 0.2) is 11.5 Å². The van der Waals surface area contributed by atoms with Crippen molar-refractivity contribution in [3.05, 3.63) is 23.8 Å². The van der Waals surface area contributed by atoms with E-state index in [-0.39, 0.29) is 35.9 Å². The summed E-state index contributed by atoms with van der Waals surface area (Å²) in [6.07, 6.45) is 1.82. The van der Waals surface area contributed by atoms with Crippen LogP contribution in [0, 0.1) is 0 Å². The standard InChI is InChI=1S/C15H20F2N2O3.ClH/c1-2-21-13-8-10(5-6-12(13)22-15(16)17)9-19-14(20)11-4-3-7-18-11;/h5-6,8,11,15,18H,2-4,7,9H2,1H3,(H,19,20);1H. The zero-order chi connectivity index (χ0) is 15.9. The van der Waals surface area contributed by atoms with Crippen LogP contribution in [-0.4, -0.2) is 31.7 Å². The highest BCUT2D eigenvalue weighted by atomic mass is 35.5. The van der Waals surface area contributed by atoms with Gasteiger partial charge in [0, 0.05) is 6.54 Å². The van der Waals surface area contributed by atoms with Gasteiger partial charge in [-0.25, -0.2) is 0 Å². The Bertz CT molecular complexity index is 511. The molecule has 1 aliphatic rings. The van der Waals surface area contributed by atoms with Crippen LogP contribution in [-0.2, 0) is 11.3 Å². The Morgan fingerprint density at radius 2 is 2.22 bits per heavy atom. The Kier molecular flexibility index (Phi) is 8.05. The van der Waals surface area contributed by atoms with Crippen molar-refractivity contribution in [1.29, 1.82) is 0 Å². The summed E-state index contributed by atoms with van der Waals surface area (Å²) >= 11 is 0. The normalized spacial score (nSPS) is 16.8. The first-order chi connectivity index (χ1) is 10.6. The van der Waals surface area contributed by atoms with Crippen molar-refractivity contribution in [1.82, 2.24) is 10.6 Å². The lowest BCUT2D eigenvalue weighted by atomic mass is 10.1. The van der Waals surface area contributed by atoms with Crippen molar-refractivity contribution in [3.8, 4) is 11.5 Å². The number of hydrogen-bond acceptors (Lipinski definition) is 4. The van der Waals surface area contributed by atoms with Crippen molar-refractivity contribution < 1.29 is 23.0 Å². The van der Waals surface area contributed by atoms with Gasteiger partial charge in [0.05, 0.1) is 12.6 Å². The average molecular weight is 351 g/mol. The Morgan fingerprint density at radius 3 is 2.83 bits per heavy atom. The van der Waals surface area contributed by atoms with Crippen LogP contribution in [0.2, 0.25) is 0 Å². The monoisotopic (exact) mass is 350 g/mol. The quantitative estimate of drug-likeness (QED) is 0.793. The number of halogens is 3. The molecule has 8 heteroatoms. The molecule has 1 aliphatic heterocycles. The number of benzene rings is 1. The molecule has 1 atom stereocenters. The van der Waals surface area contributed by atoms with Crippen LogP contribution in [0.3, 0.4) is 0 Å². The maximum atomic E-state index is 12.3. The molecule has 130 valence electrons. The van der Waals surface area contributed by atoms with E-state index in [1.165, 1.54) is 6.07 Å². The molecule has 1 aromatic rings. The minimum Gasteiger partial charge on any atom is -0.490 e. The summed E-state index contributed by atoms with van der Waals surface area (Å²) in [6.45, 7) is 0.352. The van der Waals surface area contributed by atoms with Crippen molar-refractivity contribution in [2.24, 2.45) is 0 Å². The van der Waals surface area contributed by atoms with Crippen molar-refractivity contribution in [3.63, 3.8) is 0 Å².